The fraction of sp³-hybridized carbons (Fsp3) is 0.216. The van der Waals surface area contributed by atoms with E-state index in [1.807, 2.05) is 48.5 Å². The number of para-hydroxylation sites is 4. The molecule has 0 heterocycles. The molecule has 0 atom stereocenters. The van der Waals surface area contributed by atoms with Gasteiger partial charge in [0.05, 0.1) is 13.2 Å². The minimum atomic E-state index is 0.727. The summed E-state index contributed by atoms with van der Waals surface area (Å²) in [5, 5.41) is 0. The fourth-order valence-electron chi connectivity index (χ4n) is 6.15. The van der Waals surface area contributed by atoms with Gasteiger partial charge >= 0.3 is 0 Å². The fourth-order valence-corrected chi connectivity index (χ4v) is 6.15. The zero-order valence-corrected chi connectivity index (χ0v) is 31.8. The van der Waals surface area contributed by atoms with E-state index in [0.717, 1.165) is 110 Å². The summed E-state index contributed by atoms with van der Waals surface area (Å²) in [6.07, 6.45) is 20.0. The van der Waals surface area contributed by atoms with Crippen molar-refractivity contribution < 1.29 is 9.47 Å². The molecule has 55 heavy (non-hydrogen) atoms. The van der Waals surface area contributed by atoms with Gasteiger partial charge in [-0.1, -0.05) is 85.6 Å². The molecule has 0 aromatic heterocycles. The Morgan fingerprint density at radius 1 is 0.327 bits per heavy atom. The highest BCUT2D eigenvalue weighted by molar-refractivity contribution is 5.77. The van der Waals surface area contributed by atoms with Gasteiger partial charge in [-0.2, -0.15) is 0 Å². The van der Waals surface area contributed by atoms with E-state index >= 15 is 0 Å². The molecule has 278 valence electrons. The van der Waals surface area contributed by atoms with Crippen molar-refractivity contribution in [1.82, 2.24) is 0 Å². The van der Waals surface area contributed by atoms with Crippen molar-refractivity contribution in [3.05, 3.63) is 170 Å². The molecule has 0 saturated carbocycles. The minimum Gasteiger partial charge on any atom is -0.494 e. The summed E-state index contributed by atoms with van der Waals surface area (Å²) in [7, 11) is 0. The van der Waals surface area contributed by atoms with Crippen LogP contribution in [0.4, 0.5) is 34.1 Å². The predicted octanol–water partition coefficient (Wildman–Crippen LogP) is 13.8. The van der Waals surface area contributed by atoms with Crippen molar-refractivity contribution in [2.45, 2.75) is 57.8 Å². The van der Waals surface area contributed by atoms with Gasteiger partial charge in [0.2, 0.25) is 0 Å². The zero-order chi connectivity index (χ0) is 38.2. The molecule has 6 rings (SSSR count). The van der Waals surface area contributed by atoms with E-state index < -0.39 is 0 Å². The Morgan fingerprint density at radius 3 is 0.909 bits per heavy atom. The van der Waals surface area contributed by atoms with E-state index in [4.69, 9.17) is 22.3 Å². The van der Waals surface area contributed by atoms with Crippen LogP contribution in [0.15, 0.2) is 170 Å². The summed E-state index contributed by atoms with van der Waals surface area (Å²) in [5.41, 5.74) is 6.74. The maximum absolute atomic E-state index is 5.90. The number of anilines is 6. The van der Waals surface area contributed by atoms with Gasteiger partial charge in [0.1, 0.15) is 11.5 Å². The maximum atomic E-state index is 5.90. The average molecular weight is 725 g/mol. The topological polar surface area (TPSA) is 24.9 Å². The molecule has 4 nitrogen and oxygen atoms in total. The van der Waals surface area contributed by atoms with Crippen LogP contribution in [-0.4, -0.2) is 13.2 Å². The van der Waals surface area contributed by atoms with Crippen molar-refractivity contribution in [1.29, 1.82) is 0 Å². The molecule has 0 aliphatic carbocycles. The predicted molar refractivity (Wildman–Crippen MR) is 232 cm³/mol. The highest BCUT2D eigenvalue weighted by Crippen LogP contribution is 2.36. The standard InChI is InChI=1S/C26H27NO.C25H25NO/c1-2-3-4-5-6-13-22-28-26-20-18-25(19-21-26)27(23-14-9-7-10-15-23)24-16-11-8-12-17-24;1-2-3-4-5-12-21-27-25-19-17-24(18-20-25)26(22-13-8-6-9-14-22)23-15-10-7-11-16-23/h1,7-12,14-21H,3-6,13,22H2;1,6-11,13-20H,3-5,12,21H2. The Morgan fingerprint density at radius 2 is 0.600 bits per heavy atom. The van der Waals surface area contributed by atoms with E-state index in [0.29, 0.717) is 0 Å². The SMILES string of the molecule is C#CCCCCCCOc1ccc(N(c2ccccc2)c2ccccc2)cc1.C#CCCCCCOc1ccc(N(c2ccccc2)c2ccccc2)cc1. The van der Waals surface area contributed by atoms with Crippen molar-refractivity contribution in [3.8, 4) is 36.2 Å². The summed E-state index contributed by atoms with van der Waals surface area (Å²) >= 11 is 0. The number of unbranched alkanes of at least 4 members (excludes halogenated alkanes) is 7. The Labute approximate surface area is 329 Å². The number of benzene rings is 6. The first-order valence-electron chi connectivity index (χ1n) is 19.4. The minimum absolute atomic E-state index is 0.727. The average Bonchev–Trinajstić information content (AvgIpc) is 3.25. The van der Waals surface area contributed by atoms with Crippen LogP contribution in [0, 0.1) is 24.7 Å². The molecule has 0 spiro atoms. The number of rotatable bonds is 19. The smallest absolute Gasteiger partial charge is 0.119 e. The lowest BCUT2D eigenvalue weighted by Crippen LogP contribution is -2.09. The third-order valence-corrected chi connectivity index (χ3v) is 8.97. The Kier molecular flexibility index (Phi) is 16.9. The molecule has 0 bridgehead atoms. The van der Waals surface area contributed by atoms with Gasteiger partial charge in [-0.3, -0.25) is 0 Å². The molecule has 6 aromatic carbocycles. The lowest BCUT2D eigenvalue weighted by Gasteiger charge is -2.25. The lowest BCUT2D eigenvalue weighted by molar-refractivity contribution is 0.305. The van der Waals surface area contributed by atoms with Crippen LogP contribution >= 0.6 is 0 Å². The van der Waals surface area contributed by atoms with Gasteiger partial charge in [-0.25, -0.2) is 0 Å². The zero-order valence-electron chi connectivity index (χ0n) is 31.8. The Hall–Kier alpha value is -6.36. The molecule has 0 amide bonds. The van der Waals surface area contributed by atoms with E-state index in [-0.39, 0.29) is 0 Å². The molecular weight excluding hydrogens is 673 g/mol. The van der Waals surface area contributed by atoms with Crippen molar-refractivity contribution in [3.63, 3.8) is 0 Å². The number of hydrogen-bond donors (Lipinski definition) is 0. The van der Waals surface area contributed by atoms with Gasteiger partial charge in [0, 0.05) is 47.0 Å². The van der Waals surface area contributed by atoms with E-state index in [1.165, 1.54) is 6.42 Å². The van der Waals surface area contributed by atoms with Crippen LogP contribution in [0.5, 0.6) is 11.5 Å². The summed E-state index contributed by atoms with van der Waals surface area (Å²) < 4.78 is 11.8. The Balaban J connectivity index is 0.000000211. The van der Waals surface area contributed by atoms with Gasteiger partial charge in [-0.05, 0) is 129 Å². The van der Waals surface area contributed by atoms with E-state index in [2.05, 4.69) is 143 Å². The monoisotopic (exact) mass is 724 g/mol. The second-order valence-electron chi connectivity index (χ2n) is 13.1. The largest absolute Gasteiger partial charge is 0.494 e. The molecule has 0 fully saturated rings. The van der Waals surface area contributed by atoms with Crippen LogP contribution in [0.1, 0.15) is 57.8 Å². The van der Waals surface area contributed by atoms with Crippen LogP contribution in [-0.2, 0) is 0 Å². The van der Waals surface area contributed by atoms with Crippen molar-refractivity contribution in [2.75, 3.05) is 23.0 Å². The lowest BCUT2D eigenvalue weighted by atomic mass is 10.1. The first-order valence-corrected chi connectivity index (χ1v) is 19.4. The number of terminal acetylenes is 2. The third kappa shape index (κ3) is 13.2. The highest BCUT2D eigenvalue weighted by Gasteiger charge is 2.13. The molecule has 0 aliphatic heterocycles. The molecule has 0 unspecified atom stereocenters. The maximum Gasteiger partial charge on any atom is 0.119 e. The molecule has 0 N–H and O–H groups in total. The summed E-state index contributed by atoms with van der Waals surface area (Å²) in [4.78, 5) is 4.48. The number of ether oxygens (including phenoxy) is 2. The molecule has 0 radical (unpaired) electrons. The quantitative estimate of drug-likeness (QED) is 0.0613. The van der Waals surface area contributed by atoms with Gasteiger partial charge in [0.15, 0.2) is 0 Å². The summed E-state index contributed by atoms with van der Waals surface area (Å²) in [6.45, 7) is 1.47. The van der Waals surface area contributed by atoms with E-state index in [9.17, 15) is 0 Å². The van der Waals surface area contributed by atoms with Gasteiger partial charge < -0.3 is 19.3 Å². The highest BCUT2D eigenvalue weighted by atomic mass is 16.5. The van der Waals surface area contributed by atoms with Crippen LogP contribution in [0.25, 0.3) is 0 Å². The molecule has 6 aromatic rings. The van der Waals surface area contributed by atoms with Gasteiger partial charge in [-0.15, -0.1) is 24.7 Å². The van der Waals surface area contributed by atoms with Crippen molar-refractivity contribution in [2.24, 2.45) is 0 Å². The second-order valence-corrected chi connectivity index (χ2v) is 13.1. The van der Waals surface area contributed by atoms with Crippen LogP contribution in [0.3, 0.4) is 0 Å². The van der Waals surface area contributed by atoms with Crippen molar-refractivity contribution >= 4 is 34.1 Å². The van der Waals surface area contributed by atoms with Gasteiger partial charge in [0.25, 0.3) is 0 Å². The molecule has 0 saturated heterocycles. The summed E-state index contributed by atoms with van der Waals surface area (Å²) in [5.74, 6) is 7.17. The molecule has 4 heteroatoms. The third-order valence-electron chi connectivity index (χ3n) is 8.97. The van der Waals surface area contributed by atoms with Crippen LogP contribution in [0.2, 0.25) is 0 Å². The Bertz CT molecular complexity index is 1910. The summed E-state index contributed by atoms with van der Waals surface area (Å²) in [6, 6.07) is 58.2. The first kappa shape index (κ1) is 39.8. The second kappa shape index (κ2) is 23.3. The number of hydrogen-bond acceptors (Lipinski definition) is 4. The number of nitrogens with zero attached hydrogens (tertiary/aromatic N) is 2. The first-order chi connectivity index (χ1) is 27.3. The normalized spacial score (nSPS) is 10.2. The molecular formula is C51H52N2O2. The van der Waals surface area contributed by atoms with Crippen LogP contribution < -0.4 is 19.3 Å². The molecule has 0 aliphatic rings. The van der Waals surface area contributed by atoms with E-state index in [1.54, 1.807) is 0 Å².